The first-order valence-corrected chi connectivity index (χ1v) is 6.88. The number of thioether (sulfide) groups is 1. The number of carboxylic acid groups (broad SMARTS) is 1. The number of carbonyl (C=O) groups is 2. The zero-order chi connectivity index (χ0) is 12.6. The average molecular weight is 258 g/mol. The first kappa shape index (κ1) is 12.5. The Morgan fingerprint density at radius 2 is 2.18 bits per heavy atom. The first-order chi connectivity index (χ1) is 7.93. The van der Waals surface area contributed by atoms with Gasteiger partial charge in [0.15, 0.2) is 0 Å². The van der Waals surface area contributed by atoms with E-state index < -0.39 is 12.0 Å². The van der Waals surface area contributed by atoms with Crippen LogP contribution in [0.4, 0.5) is 4.79 Å². The summed E-state index contributed by atoms with van der Waals surface area (Å²) < 4.78 is 0. The van der Waals surface area contributed by atoms with Gasteiger partial charge in [-0.15, -0.1) is 11.8 Å². The minimum Gasteiger partial charge on any atom is -0.480 e. The van der Waals surface area contributed by atoms with Gasteiger partial charge in [0.1, 0.15) is 6.04 Å². The van der Waals surface area contributed by atoms with Crippen molar-refractivity contribution < 1.29 is 14.7 Å². The second-order valence-electron chi connectivity index (χ2n) is 5.16. The van der Waals surface area contributed by atoms with Crippen LogP contribution in [0.15, 0.2) is 0 Å². The van der Waals surface area contributed by atoms with Crippen LogP contribution in [0, 0.1) is 5.41 Å². The lowest BCUT2D eigenvalue weighted by Crippen LogP contribution is -2.50. The molecular formula is C11H18N2O3S. The zero-order valence-electron chi connectivity index (χ0n) is 10.1. The summed E-state index contributed by atoms with van der Waals surface area (Å²) in [7, 11) is 0. The molecule has 0 aromatic rings. The molecule has 96 valence electrons. The van der Waals surface area contributed by atoms with Crippen molar-refractivity contribution in [2.45, 2.75) is 38.1 Å². The van der Waals surface area contributed by atoms with Gasteiger partial charge in [0.2, 0.25) is 0 Å². The van der Waals surface area contributed by atoms with E-state index >= 15 is 0 Å². The molecule has 2 unspecified atom stereocenters. The summed E-state index contributed by atoms with van der Waals surface area (Å²) in [5, 5.41) is 11.8. The molecule has 6 heteroatoms. The van der Waals surface area contributed by atoms with Crippen LogP contribution in [0.1, 0.15) is 26.7 Å². The van der Waals surface area contributed by atoms with Crippen molar-refractivity contribution in [1.29, 1.82) is 0 Å². The fourth-order valence-corrected chi connectivity index (χ4v) is 3.08. The Hall–Kier alpha value is -0.910. The zero-order valence-corrected chi connectivity index (χ0v) is 10.9. The average Bonchev–Trinajstić information content (AvgIpc) is 2.86. The molecule has 17 heavy (non-hydrogen) atoms. The topological polar surface area (TPSA) is 69.6 Å². The highest BCUT2D eigenvalue weighted by molar-refractivity contribution is 8.00. The van der Waals surface area contributed by atoms with Crippen LogP contribution in [0.3, 0.4) is 0 Å². The van der Waals surface area contributed by atoms with Crippen LogP contribution in [0.2, 0.25) is 0 Å². The van der Waals surface area contributed by atoms with Gasteiger partial charge in [-0.05, 0) is 25.2 Å². The molecule has 2 N–H and O–H groups in total. The van der Waals surface area contributed by atoms with Gasteiger partial charge in [0, 0.05) is 12.3 Å². The van der Waals surface area contributed by atoms with E-state index in [1.54, 1.807) is 0 Å². The highest BCUT2D eigenvalue weighted by atomic mass is 32.2. The molecule has 1 aliphatic carbocycles. The van der Waals surface area contributed by atoms with Gasteiger partial charge < -0.3 is 10.4 Å². The van der Waals surface area contributed by atoms with E-state index in [1.165, 1.54) is 16.7 Å². The summed E-state index contributed by atoms with van der Waals surface area (Å²) in [6.45, 7) is 4.64. The number of aliphatic carboxylic acids is 1. The number of rotatable bonds is 3. The molecule has 5 nitrogen and oxygen atoms in total. The molecule has 1 saturated carbocycles. The molecule has 0 aromatic carbocycles. The number of carboxylic acids is 1. The van der Waals surface area contributed by atoms with Gasteiger partial charge in [-0.3, -0.25) is 4.90 Å². The summed E-state index contributed by atoms with van der Waals surface area (Å²) in [5.41, 5.74) is 0.241. The number of nitrogens with zero attached hydrogens (tertiary/aromatic N) is 1. The fourth-order valence-electron chi connectivity index (χ4n) is 1.91. The lowest BCUT2D eigenvalue weighted by Gasteiger charge is -2.26. The van der Waals surface area contributed by atoms with E-state index in [1.807, 2.05) is 6.92 Å². The molecule has 1 heterocycles. The Morgan fingerprint density at radius 1 is 1.53 bits per heavy atom. The van der Waals surface area contributed by atoms with Crippen molar-refractivity contribution in [3.05, 3.63) is 0 Å². The number of hydrogen-bond acceptors (Lipinski definition) is 3. The van der Waals surface area contributed by atoms with Gasteiger partial charge in [0.05, 0.1) is 5.37 Å². The highest BCUT2D eigenvalue weighted by Crippen LogP contribution is 2.44. The monoisotopic (exact) mass is 258 g/mol. The van der Waals surface area contributed by atoms with Crippen molar-refractivity contribution in [2.24, 2.45) is 5.41 Å². The van der Waals surface area contributed by atoms with Crippen LogP contribution in [-0.4, -0.2) is 45.7 Å². The van der Waals surface area contributed by atoms with E-state index in [2.05, 4.69) is 12.2 Å². The smallest absolute Gasteiger partial charge is 0.327 e. The standard InChI is InChI=1S/C11H18N2O3S/c1-7-13(8(5-17-7)9(14)15)10(16)12-6-11(2)3-4-11/h7-8H,3-6H2,1-2H3,(H,12,16)(H,14,15). The van der Waals surface area contributed by atoms with Crippen molar-refractivity contribution in [3.8, 4) is 0 Å². The molecule has 1 saturated heterocycles. The number of nitrogens with one attached hydrogen (secondary N) is 1. The van der Waals surface area contributed by atoms with E-state index in [4.69, 9.17) is 5.11 Å². The van der Waals surface area contributed by atoms with Crippen molar-refractivity contribution in [3.63, 3.8) is 0 Å². The third-order valence-corrected chi connectivity index (χ3v) is 4.73. The van der Waals surface area contributed by atoms with Gasteiger partial charge in [-0.1, -0.05) is 6.92 Å². The third kappa shape index (κ3) is 2.68. The molecular weight excluding hydrogens is 240 g/mol. The Morgan fingerprint density at radius 3 is 2.71 bits per heavy atom. The predicted octanol–water partition coefficient (Wildman–Crippen LogP) is 1.34. The molecule has 2 atom stereocenters. The molecule has 0 bridgehead atoms. The second kappa shape index (κ2) is 4.40. The maximum atomic E-state index is 12.0. The van der Waals surface area contributed by atoms with E-state index in [0.717, 1.165) is 12.8 Å². The molecule has 2 rings (SSSR count). The van der Waals surface area contributed by atoms with E-state index in [0.29, 0.717) is 12.3 Å². The Labute approximate surface area is 105 Å². The maximum absolute atomic E-state index is 12.0. The summed E-state index contributed by atoms with van der Waals surface area (Å²) in [4.78, 5) is 24.5. The van der Waals surface area contributed by atoms with Gasteiger partial charge >= 0.3 is 12.0 Å². The number of urea groups is 1. The van der Waals surface area contributed by atoms with Crippen LogP contribution in [0.5, 0.6) is 0 Å². The van der Waals surface area contributed by atoms with Crippen molar-refractivity contribution >= 4 is 23.8 Å². The summed E-state index contributed by atoms with van der Waals surface area (Å²) in [5.74, 6) is -0.448. The Bertz CT molecular complexity index is 344. The van der Waals surface area contributed by atoms with Gasteiger partial charge in [-0.25, -0.2) is 9.59 Å². The SMILES string of the molecule is CC1SCC(C(=O)O)N1C(=O)NCC1(C)CC1. The van der Waals surface area contributed by atoms with Crippen LogP contribution < -0.4 is 5.32 Å². The third-order valence-electron chi connectivity index (χ3n) is 3.51. The molecule has 2 aliphatic rings. The van der Waals surface area contributed by atoms with E-state index in [9.17, 15) is 9.59 Å². The summed E-state index contributed by atoms with van der Waals surface area (Å²) >= 11 is 1.50. The largest absolute Gasteiger partial charge is 0.480 e. The fraction of sp³-hybridized carbons (Fsp3) is 0.818. The second-order valence-corrected chi connectivity index (χ2v) is 6.51. The highest BCUT2D eigenvalue weighted by Gasteiger charge is 2.42. The lowest BCUT2D eigenvalue weighted by molar-refractivity contribution is -0.141. The molecule has 0 radical (unpaired) electrons. The first-order valence-electron chi connectivity index (χ1n) is 5.83. The summed E-state index contributed by atoms with van der Waals surface area (Å²) in [6.07, 6.45) is 2.28. The number of carbonyl (C=O) groups excluding carboxylic acids is 1. The lowest BCUT2D eigenvalue weighted by atomic mass is 10.1. The van der Waals surface area contributed by atoms with Gasteiger partial charge in [-0.2, -0.15) is 0 Å². The van der Waals surface area contributed by atoms with Gasteiger partial charge in [0.25, 0.3) is 0 Å². The Balaban J connectivity index is 1.93. The molecule has 2 amide bonds. The van der Waals surface area contributed by atoms with E-state index in [-0.39, 0.29) is 16.8 Å². The van der Waals surface area contributed by atoms with Crippen LogP contribution in [-0.2, 0) is 4.79 Å². The predicted molar refractivity (Wildman–Crippen MR) is 65.9 cm³/mol. The minimum absolute atomic E-state index is 0.0666. The Kier molecular flexibility index (Phi) is 3.25. The molecule has 2 fully saturated rings. The molecule has 1 aliphatic heterocycles. The van der Waals surface area contributed by atoms with Crippen LogP contribution >= 0.6 is 11.8 Å². The maximum Gasteiger partial charge on any atom is 0.327 e. The number of hydrogen-bond donors (Lipinski definition) is 2. The summed E-state index contributed by atoms with van der Waals surface area (Å²) in [6, 6.07) is -0.940. The van der Waals surface area contributed by atoms with Crippen molar-refractivity contribution in [1.82, 2.24) is 10.2 Å². The van der Waals surface area contributed by atoms with Crippen LogP contribution in [0.25, 0.3) is 0 Å². The normalized spacial score (nSPS) is 30.1. The molecule has 0 spiro atoms. The number of amides is 2. The minimum atomic E-state index is -0.922. The quantitative estimate of drug-likeness (QED) is 0.801. The molecule has 0 aromatic heterocycles. The van der Waals surface area contributed by atoms with Crippen molar-refractivity contribution in [2.75, 3.05) is 12.3 Å².